The Hall–Kier alpha value is -9.38. The lowest BCUT2D eigenvalue weighted by molar-refractivity contribution is 0.479. The van der Waals surface area contributed by atoms with Crippen molar-refractivity contribution in [1.82, 2.24) is 14.5 Å². The van der Waals surface area contributed by atoms with Crippen LogP contribution in [0.1, 0.15) is 57.6 Å². The first-order valence-corrected chi connectivity index (χ1v) is 27.2. The minimum atomic E-state index is -1.51. The quantitative estimate of drug-likeness (QED) is 0.117. The largest absolute Gasteiger partial charge is 0.507 e. The lowest BCUT2D eigenvalue weighted by atomic mass is 9.71. The number of rotatable bonds is 13. The summed E-state index contributed by atoms with van der Waals surface area (Å²) in [5.74, 6) is 0.645. The van der Waals surface area contributed by atoms with Gasteiger partial charge in [0.15, 0.2) is 0 Å². The highest BCUT2D eigenvalue weighted by molar-refractivity contribution is 5.99. The number of benzene rings is 10. The maximum absolute atomic E-state index is 12.5. The number of aromatic hydroxyl groups is 1. The third-order valence-corrected chi connectivity index (χ3v) is 16.0. The molecule has 0 amide bonds. The molecule has 13 rings (SSSR count). The summed E-state index contributed by atoms with van der Waals surface area (Å²) in [7, 11) is 0. The first-order valence-electron chi connectivity index (χ1n) is 28.2. The monoisotopic (exact) mass is 1010 g/mol. The zero-order valence-corrected chi connectivity index (χ0v) is 43.6. The van der Waals surface area contributed by atoms with E-state index in [0.29, 0.717) is 22.5 Å². The first kappa shape index (κ1) is 46.0. The number of para-hydroxylation sites is 2. The Morgan fingerprint density at radius 1 is 0.462 bits per heavy atom. The molecule has 1 aliphatic carbocycles. The molecule has 0 spiro atoms. The zero-order chi connectivity index (χ0) is 54.2. The molecule has 1 N–H and O–H groups in total. The van der Waals surface area contributed by atoms with Crippen LogP contribution in [0.3, 0.4) is 0 Å². The van der Waals surface area contributed by atoms with Crippen molar-refractivity contribution in [2.24, 2.45) is 5.92 Å². The Labute approximate surface area is 460 Å². The Balaban J connectivity index is 0.980. The van der Waals surface area contributed by atoms with E-state index in [-0.39, 0.29) is 17.1 Å². The van der Waals surface area contributed by atoms with Crippen LogP contribution in [0.4, 0.5) is 0 Å². The van der Waals surface area contributed by atoms with E-state index in [1.54, 1.807) is 0 Å². The highest BCUT2D eigenvalue weighted by atomic mass is 16.3. The summed E-state index contributed by atoms with van der Waals surface area (Å²) in [5.41, 5.74) is 18.4. The SMILES string of the molecule is [2H]C([2H])(c1ccc(-n2c(-c3cccc(-c4ccccc4)c3O)nc3c(-c4cc(-c5ccccc5)cc(-c5cc(-c6ccc(C(C)(c7ccccc7)c7ccccc7)cc6)ccn5)c4)cccc32)c(-c2ccccc2)c1)C1CCCC1. The van der Waals surface area contributed by atoms with Crippen molar-refractivity contribution in [2.45, 2.75) is 44.4 Å². The fraction of sp³-hybridized carbons (Fsp3) is 0.108. The molecule has 0 radical (unpaired) electrons. The van der Waals surface area contributed by atoms with Crippen LogP contribution in [0.25, 0.3) is 95.0 Å². The maximum atomic E-state index is 12.5. The van der Waals surface area contributed by atoms with Crippen molar-refractivity contribution in [3.05, 3.63) is 289 Å². The van der Waals surface area contributed by atoms with E-state index < -0.39 is 6.37 Å². The molecule has 0 unspecified atom stereocenters. The second-order valence-corrected chi connectivity index (χ2v) is 20.8. The van der Waals surface area contributed by atoms with E-state index in [2.05, 4.69) is 193 Å². The number of pyridine rings is 1. The summed E-state index contributed by atoms with van der Waals surface area (Å²) >= 11 is 0. The first-order chi connectivity index (χ1) is 39.2. The lowest BCUT2D eigenvalue weighted by Gasteiger charge is -2.32. The summed E-state index contributed by atoms with van der Waals surface area (Å²) in [6.07, 6.45) is 4.24. The van der Waals surface area contributed by atoms with Gasteiger partial charge in [0.2, 0.25) is 0 Å². The van der Waals surface area contributed by atoms with E-state index >= 15 is 0 Å². The molecule has 0 aliphatic heterocycles. The molecule has 10 aromatic carbocycles. The van der Waals surface area contributed by atoms with Gasteiger partial charge in [-0.05, 0) is 135 Å². The van der Waals surface area contributed by atoms with Crippen LogP contribution >= 0.6 is 0 Å². The molecule has 1 aliphatic rings. The molecule has 376 valence electrons. The zero-order valence-electron chi connectivity index (χ0n) is 45.6. The molecular formula is C74H59N3O. The number of phenolic OH excluding ortho intramolecular Hbond substituents is 1. The van der Waals surface area contributed by atoms with Gasteiger partial charge < -0.3 is 5.11 Å². The van der Waals surface area contributed by atoms with Gasteiger partial charge in [-0.1, -0.05) is 232 Å². The highest BCUT2D eigenvalue weighted by Crippen LogP contribution is 2.45. The average molecular weight is 1010 g/mol. The summed E-state index contributed by atoms with van der Waals surface area (Å²) in [4.78, 5) is 10.7. The molecule has 1 fully saturated rings. The molecule has 2 aromatic heterocycles. The van der Waals surface area contributed by atoms with Crippen LogP contribution in [-0.2, 0) is 11.8 Å². The number of phenols is 1. The topological polar surface area (TPSA) is 50.9 Å². The maximum Gasteiger partial charge on any atom is 0.149 e. The summed E-state index contributed by atoms with van der Waals surface area (Å²) in [6, 6.07) is 90.5. The Kier molecular flexibility index (Phi) is 12.4. The Bertz CT molecular complexity index is 4120. The molecule has 4 heteroatoms. The van der Waals surface area contributed by atoms with E-state index in [0.717, 1.165) is 104 Å². The molecule has 2 heterocycles. The van der Waals surface area contributed by atoms with E-state index in [1.165, 1.54) is 16.7 Å². The number of nitrogens with zero attached hydrogens (tertiary/aromatic N) is 3. The highest BCUT2D eigenvalue weighted by Gasteiger charge is 2.31. The predicted molar refractivity (Wildman–Crippen MR) is 323 cm³/mol. The average Bonchev–Trinajstić information content (AvgIpc) is 4.23. The predicted octanol–water partition coefficient (Wildman–Crippen LogP) is 18.9. The summed E-state index contributed by atoms with van der Waals surface area (Å²) in [5, 5.41) is 12.5. The van der Waals surface area contributed by atoms with Gasteiger partial charge in [0.1, 0.15) is 11.6 Å². The van der Waals surface area contributed by atoms with Gasteiger partial charge >= 0.3 is 0 Å². The van der Waals surface area contributed by atoms with Crippen molar-refractivity contribution in [3.63, 3.8) is 0 Å². The van der Waals surface area contributed by atoms with Crippen LogP contribution in [-0.4, -0.2) is 19.6 Å². The third-order valence-electron chi connectivity index (χ3n) is 16.0. The van der Waals surface area contributed by atoms with Crippen molar-refractivity contribution in [1.29, 1.82) is 0 Å². The molecule has 4 nitrogen and oxygen atoms in total. The smallest absolute Gasteiger partial charge is 0.149 e. The standard InChI is InChI=1S/C74H59N3O/c1-74(61-29-13-5-14-30-61,62-31-15-6-16-32-62)63-40-38-54(39-41-63)57-43-44-75-68(50-57)60-48-58(53-23-7-2-8-24-53)47-59(49-60)64-33-20-36-70-71(64)76-73(66-35-19-34-65(72(66)78)55-25-9-3-10-26-55)77(70)69-42-37-52(45-51-21-17-18-22-51)46-67(69)56-27-11-4-12-28-56/h2-16,19-20,23-44,46-51,78H,17-18,21-22,45H2,1H3/i45D2. The van der Waals surface area contributed by atoms with Gasteiger partial charge in [-0.2, -0.15) is 0 Å². The number of fused-ring (bicyclic) bond motifs is 1. The minimum absolute atomic E-state index is 0.0511. The van der Waals surface area contributed by atoms with Crippen molar-refractivity contribution in [2.75, 3.05) is 0 Å². The van der Waals surface area contributed by atoms with Gasteiger partial charge in [0, 0.05) is 36.6 Å². The van der Waals surface area contributed by atoms with Crippen molar-refractivity contribution in [3.8, 4) is 89.7 Å². The van der Waals surface area contributed by atoms with Gasteiger partial charge in [-0.3, -0.25) is 9.55 Å². The molecule has 12 aromatic rings. The number of aromatic nitrogens is 3. The fourth-order valence-corrected chi connectivity index (χ4v) is 11.8. The number of hydrogen-bond donors (Lipinski definition) is 1. The van der Waals surface area contributed by atoms with Crippen molar-refractivity contribution >= 4 is 11.0 Å². The van der Waals surface area contributed by atoms with Crippen LogP contribution < -0.4 is 0 Å². The summed E-state index contributed by atoms with van der Waals surface area (Å²) < 4.78 is 21.2. The number of imidazole rings is 1. The van der Waals surface area contributed by atoms with Crippen LogP contribution in [0.2, 0.25) is 0 Å². The second-order valence-electron chi connectivity index (χ2n) is 20.8. The van der Waals surface area contributed by atoms with Crippen LogP contribution in [0.15, 0.2) is 267 Å². The van der Waals surface area contributed by atoms with Gasteiger partial charge in [-0.15, -0.1) is 0 Å². The van der Waals surface area contributed by atoms with Crippen LogP contribution in [0, 0.1) is 5.92 Å². The Morgan fingerprint density at radius 3 is 1.67 bits per heavy atom. The molecule has 1 saturated carbocycles. The third kappa shape index (κ3) is 9.20. The van der Waals surface area contributed by atoms with Crippen molar-refractivity contribution < 1.29 is 7.85 Å². The fourth-order valence-electron chi connectivity index (χ4n) is 11.8. The summed E-state index contributed by atoms with van der Waals surface area (Å²) in [6.45, 7) is 2.31. The second kappa shape index (κ2) is 21.0. The van der Waals surface area contributed by atoms with E-state index in [1.807, 2.05) is 85.1 Å². The number of hydrogen-bond acceptors (Lipinski definition) is 3. The Morgan fingerprint density at radius 2 is 1.00 bits per heavy atom. The minimum Gasteiger partial charge on any atom is -0.507 e. The molecule has 0 saturated heterocycles. The van der Waals surface area contributed by atoms with E-state index in [4.69, 9.17) is 9.97 Å². The lowest BCUT2D eigenvalue weighted by Crippen LogP contribution is -2.25. The molecule has 0 atom stereocenters. The van der Waals surface area contributed by atoms with Gasteiger partial charge in [0.05, 0.1) is 28.0 Å². The normalized spacial score (nSPS) is 13.3. The van der Waals surface area contributed by atoms with Gasteiger partial charge in [0.25, 0.3) is 0 Å². The van der Waals surface area contributed by atoms with Gasteiger partial charge in [-0.25, -0.2) is 4.98 Å². The van der Waals surface area contributed by atoms with E-state index in [9.17, 15) is 7.85 Å². The van der Waals surface area contributed by atoms with Crippen LogP contribution in [0.5, 0.6) is 5.75 Å². The molecule has 0 bridgehead atoms. The molecule has 78 heavy (non-hydrogen) atoms. The molecular weight excluding hydrogens is 947 g/mol.